The van der Waals surface area contributed by atoms with E-state index in [-0.39, 0.29) is 0 Å². The van der Waals surface area contributed by atoms with Crippen LogP contribution < -0.4 is 11.1 Å². The summed E-state index contributed by atoms with van der Waals surface area (Å²) in [6.07, 6.45) is -0.954. The topological polar surface area (TPSA) is 64.3 Å². The predicted octanol–water partition coefficient (Wildman–Crippen LogP) is 2.81. The Morgan fingerprint density at radius 1 is 1.26 bits per heavy atom. The summed E-state index contributed by atoms with van der Waals surface area (Å²) < 4.78 is 31.5. The molecule has 0 bridgehead atoms. The Balaban J connectivity index is 2.87. The summed E-state index contributed by atoms with van der Waals surface area (Å²) in [5, 5.41) is 2.60. The van der Waals surface area contributed by atoms with E-state index < -0.39 is 29.2 Å². The highest BCUT2D eigenvalue weighted by atomic mass is 19.3. The molecule has 112 valence electrons. The number of nitrogens with one attached hydrogen (secondary N) is 1. The van der Waals surface area contributed by atoms with Gasteiger partial charge in [-0.1, -0.05) is 12.8 Å². The fourth-order valence-corrected chi connectivity index (χ4v) is 2.48. The summed E-state index contributed by atoms with van der Waals surface area (Å²) in [5.74, 6) is 0. The molecule has 1 fully saturated rings. The van der Waals surface area contributed by atoms with E-state index >= 15 is 0 Å². The summed E-state index contributed by atoms with van der Waals surface area (Å²) >= 11 is 0. The minimum atomic E-state index is -2.71. The van der Waals surface area contributed by atoms with Crippen LogP contribution in [0.3, 0.4) is 0 Å². The van der Waals surface area contributed by atoms with E-state index in [1.165, 1.54) is 6.92 Å². The third kappa shape index (κ3) is 3.55. The Kier molecular flexibility index (Phi) is 4.44. The lowest BCUT2D eigenvalue weighted by Gasteiger charge is -2.44. The number of hydrogen-bond donors (Lipinski definition) is 2. The van der Waals surface area contributed by atoms with Crippen molar-refractivity contribution in [3.8, 4) is 0 Å². The van der Waals surface area contributed by atoms with E-state index in [4.69, 9.17) is 10.5 Å². The van der Waals surface area contributed by atoms with E-state index in [2.05, 4.69) is 5.32 Å². The molecule has 19 heavy (non-hydrogen) atoms. The van der Waals surface area contributed by atoms with Gasteiger partial charge in [-0.05, 0) is 40.5 Å². The summed E-state index contributed by atoms with van der Waals surface area (Å²) in [6, 6.07) is 0. The molecule has 0 heterocycles. The van der Waals surface area contributed by atoms with Gasteiger partial charge in [-0.3, -0.25) is 0 Å². The monoisotopic (exact) mass is 278 g/mol. The number of amides is 1. The molecule has 3 N–H and O–H groups in total. The number of rotatable bonds is 3. The molecule has 0 aromatic rings. The SMILES string of the molecule is CC(C)(C)OC(=O)NC1(C(C)(N)C(F)F)CCCC1. The number of alkyl halides is 2. The van der Waals surface area contributed by atoms with E-state index in [1.54, 1.807) is 20.8 Å². The molecule has 0 radical (unpaired) electrons. The molecule has 0 saturated heterocycles. The largest absolute Gasteiger partial charge is 0.444 e. The van der Waals surface area contributed by atoms with Crippen LogP contribution in [0.2, 0.25) is 0 Å². The molecule has 0 aliphatic heterocycles. The van der Waals surface area contributed by atoms with Crippen LogP contribution in [0.1, 0.15) is 53.4 Å². The Morgan fingerprint density at radius 3 is 2.11 bits per heavy atom. The van der Waals surface area contributed by atoms with Gasteiger partial charge < -0.3 is 15.8 Å². The van der Waals surface area contributed by atoms with Crippen LogP contribution in [0.15, 0.2) is 0 Å². The first kappa shape index (κ1) is 16.1. The zero-order valence-electron chi connectivity index (χ0n) is 12.1. The van der Waals surface area contributed by atoms with Crippen molar-refractivity contribution < 1.29 is 18.3 Å². The summed E-state index contributed by atoms with van der Waals surface area (Å²) in [5.41, 5.74) is 2.27. The van der Waals surface area contributed by atoms with Crippen molar-refractivity contribution >= 4 is 6.09 Å². The lowest BCUT2D eigenvalue weighted by atomic mass is 9.77. The zero-order valence-corrected chi connectivity index (χ0v) is 12.1. The Hall–Kier alpha value is -0.910. The molecule has 4 nitrogen and oxygen atoms in total. The maximum atomic E-state index is 13.2. The van der Waals surface area contributed by atoms with Gasteiger partial charge in [-0.15, -0.1) is 0 Å². The average Bonchev–Trinajstić information content (AvgIpc) is 2.64. The molecular weight excluding hydrogens is 254 g/mol. The molecule has 1 unspecified atom stereocenters. The van der Waals surface area contributed by atoms with E-state index in [0.29, 0.717) is 12.8 Å². The van der Waals surface area contributed by atoms with Gasteiger partial charge in [0.1, 0.15) is 5.60 Å². The molecule has 0 aromatic carbocycles. The first-order chi connectivity index (χ1) is 8.50. The van der Waals surface area contributed by atoms with Crippen molar-refractivity contribution in [2.45, 2.75) is 76.5 Å². The summed E-state index contributed by atoms with van der Waals surface area (Å²) in [4.78, 5) is 11.9. The Morgan fingerprint density at radius 2 is 1.74 bits per heavy atom. The maximum Gasteiger partial charge on any atom is 0.408 e. The molecular formula is C13H24F2N2O2. The van der Waals surface area contributed by atoms with Crippen molar-refractivity contribution in [3.63, 3.8) is 0 Å². The Bertz CT molecular complexity index is 332. The fourth-order valence-electron chi connectivity index (χ4n) is 2.48. The Labute approximate surface area is 113 Å². The number of carbonyl (C=O) groups is 1. The number of carbonyl (C=O) groups excluding carboxylic acids is 1. The number of ether oxygens (including phenoxy) is 1. The standard InChI is InChI=1S/C13H24F2N2O2/c1-11(2,3)19-10(18)17-13(7-5-6-8-13)12(4,16)9(14)15/h9H,5-8,16H2,1-4H3,(H,17,18). The van der Waals surface area contributed by atoms with E-state index in [9.17, 15) is 13.6 Å². The minimum Gasteiger partial charge on any atom is -0.444 e. The number of hydrogen-bond acceptors (Lipinski definition) is 3. The highest BCUT2D eigenvalue weighted by Gasteiger charge is 2.54. The maximum absolute atomic E-state index is 13.2. The van der Waals surface area contributed by atoms with Crippen LogP contribution in [-0.4, -0.2) is 29.2 Å². The molecule has 0 spiro atoms. The van der Waals surface area contributed by atoms with Crippen LogP contribution in [0.5, 0.6) is 0 Å². The lowest BCUT2D eigenvalue weighted by molar-refractivity contribution is -0.00635. The number of nitrogens with two attached hydrogens (primary N) is 1. The smallest absolute Gasteiger partial charge is 0.408 e. The predicted molar refractivity (Wildman–Crippen MR) is 69.2 cm³/mol. The van der Waals surface area contributed by atoms with Crippen LogP contribution in [-0.2, 0) is 4.74 Å². The van der Waals surface area contributed by atoms with Gasteiger partial charge in [0.15, 0.2) is 0 Å². The highest BCUT2D eigenvalue weighted by molar-refractivity contribution is 5.69. The van der Waals surface area contributed by atoms with Crippen LogP contribution >= 0.6 is 0 Å². The van der Waals surface area contributed by atoms with Gasteiger partial charge in [0.2, 0.25) is 0 Å². The van der Waals surface area contributed by atoms with Crippen molar-refractivity contribution in [1.29, 1.82) is 0 Å². The molecule has 1 atom stereocenters. The molecule has 6 heteroatoms. The first-order valence-corrected chi connectivity index (χ1v) is 6.58. The van der Waals surface area contributed by atoms with Crippen molar-refractivity contribution in [2.24, 2.45) is 5.73 Å². The van der Waals surface area contributed by atoms with Gasteiger partial charge in [0.05, 0.1) is 11.1 Å². The molecule has 1 aliphatic carbocycles. The number of halogens is 2. The van der Waals surface area contributed by atoms with Crippen LogP contribution in [0, 0.1) is 0 Å². The molecule has 1 saturated carbocycles. The fraction of sp³-hybridized carbons (Fsp3) is 0.923. The molecule has 1 rings (SSSR count). The van der Waals surface area contributed by atoms with Crippen molar-refractivity contribution in [1.82, 2.24) is 5.32 Å². The van der Waals surface area contributed by atoms with Crippen LogP contribution in [0.4, 0.5) is 13.6 Å². The third-order valence-corrected chi connectivity index (χ3v) is 3.68. The van der Waals surface area contributed by atoms with E-state index in [1.807, 2.05) is 0 Å². The van der Waals surface area contributed by atoms with Crippen LogP contribution in [0.25, 0.3) is 0 Å². The van der Waals surface area contributed by atoms with Gasteiger partial charge in [0.25, 0.3) is 6.43 Å². The normalized spacial score (nSPS) is 22.1. The second kappa shape index (κ2) is 5.23. The minimum absolute atomic E-state index is 0.448. The molecule has 0 aromatic heterocycles. The summed E-state index contributed by atoms with van der Waals surface area (Å²) in [7, 11) is 0. The first-order valence-electron chi connectivity index (χ1n) is 6.58. The second-order valence-corrected chi connectivity index (χ2v) is 6.50. The van der Waals surface area contributed by atoms with Gasteiger partial charge in [-0.2, -0.15) is 0 Å². The van der Waals surface area contributed by atoms with Gasteiger partial charge in [-0.25, -0.2) is 13.6 Å². The molecule has 1 aliphatic rings. The second-order valence-electron chi connectivity index (χ2n) is 6.50. The lowest BCUT2D eigenvalue weighted by Crippen LogP contribution is -2.69. The quantitative estimate of drug-likeness (QED) is 0.834. The van der Waals surface area contributed by atoms with Gasteiger partial charge in [0, 0.05) is 0 Å². The van der Waals surface area contributed by atoms with Gasteiger partial charge >= 0.3 is 6.09 Å². The van der Waals surface area contributed by atoms with Crippen molar-refractivity contribution in [3.05, 3.63) is 0 Å². The van der Waals surface area contributed by atoms with E-state index in [0.717, 1.165) is 12.8 Å². The third-order valence-electron chi connectivity index (χ3n) is 3.68. The number of alkyl carbamates (subject to hydrolysis) is 1. The molecule has 1 amide bonds. The average molecular weight is 278 g/mol. The van der Waals surface area contributed by atoms with Crippen molar-refractivity contribution in [2.75, 3.05) is 0 Å². The highest BCUT2D eigenvalue weighted by Crippen LogP contribution is 2.40. The zero-order chi connectivity index (χ0) is 14.9. The summed E-state index contributed by atoms with van der Waals surface area (Å²) in [6.45, 7) is 6.47.